The Hall–Kier alpha value is -1.81. The van der Waals surface area contributed by atoms with Gasteiger partial charge in [0, 0.05) is 20.7 Å². The number of benzene rings is 1. The molecule has 0 saturated heterocycles. The third-order valence-corrected chi connectivity index (χ3v) is 2.40. The Labute approximate surface area is 108 Å². The third kappa shape index (κ3) is 4.59. The number of carbonyl (C=O) groups is 1. The van der Waals surface area contributed by atoms with E-state index < -0.39 is 0 Å². The summed E-state index contributed by atoms with van der Waals surface area (Å²) in [5.74, 6) is 0.758. The van der Waals surface area contributed by atoms with E-state index in [1.807, 2.05) is 24.3 Å². The van der Waals surface area contributed by atoms with E-state index in [-0.39, 0.29) is 12.5 Å². The van der Waals surface area contributed by atoms with Gasteiger partial charge in [0.15, 0.2) is 0 Å². The van der Waals surface area contributed by atoms with Gasteiger partial charge in [-0.25, -0.2) is 0 Å². The highest BCUT2D eigenvalue weighted by atomic mass is 16.5. The number of ether oxygens (including phenoxy) is 2. The molecule has 0 spiro atoms. The van der Waals surface area contributed by atoms with Crippen LogP contribution in [-0.2, 0) is 16.1 Å². The fourth-order valence-corrected chi connectivity index (χ4v) is 1.44. The number of amides is 1. The number of carbonyl (C=O) groups excluding carboxylic acids is 1. The van der Waals surface area contributed by atoms with Crippen molar-refractivity contribution in [1.29, 1.82) is 0 Å². The second kappa shape index (κ2) is 7.50. The van der Waals surface area contributed by atoms with Crippen LogP contribution >= 0.6 is 0 Å². The van der Waals surface area contributed by atoms with Crippen molar-refractivity contribution in [2.24, 2.45) is 0 Å². The van der Waals surface area contributed by atoms with Crippen LogP contribution in [0.3, 0.4) is 0 Å². The number of nitrogens with zero attached hydrogens (tertiary/aromatic N) is 1. The molecule has 4 heteroatoms. The summed E-state index contributed by atoms with van der Waals surface area (Å²) in [7, 11) is 3.26. The number of hydrogen-bond acceptors (Lipinski definition) is 3. The quantitative estimate of drug-likeness (QED) is 0.692. The minimum absolute atomic E-state index is 0.0375. The summed E-state index contributed by atoms with van der Waals surface area (Å²) in [5, 5.41) is 0. The standard InChI is InChI=1S/C14H19NO3/c1-4-9-18-13-7-5-12(6-8-13)10-15(2)14(16)11-17-3/h4-8H,1,9-11H2,2-3H3. The molecule has 0 aliphatic carbocycles. The fourth-order valence-electron chi connectivity index (χ4n) is 1.44. The number of likely N-dealkylation sites (N-methyl/N-ethyl adjacent to an activating group) is 1. The van der Waals surface area contributed by atoms with Crippen LogP contribution in [0.25, 0.3) is 0 Å². The average molecular weight is 249 g/mol. The maximum Gasteiger partial charge on any atom is 0.248 e. The van der Waals surface area contributed by atoms with Crippen LogP contribution in [0.1, 0.15) is 5.56 Å². The van der Waals surface area contributed by atoms with E-state index in [1.165, 1.54) is 7.11 Å². The topological polar surface area (TPSA) is 38.8 Å². The highest BCUT2D eigenvalue weighted by molar-refractivity contribution is 5.77. The molecule has 0 aliphatic heterocycles. The van der Waals surface area contributed by atoms with Crippen LogP contribution < -0.4 is 4.74 Å². The van der Waals surface area contributed by atoms with Crippen molar-refractivity contribution < 1.29 is 14.3 Å². The number of rotatable bonds is 7. The van der Waals surface area contributed by atoms with Gasteiger partial charge in [-0.05, 0) is 17.7 Å². The first-order valence-electron chi connectivity index (χ1n) is 5.73. The lowest BCUT2D eigenvalue weighted by molar-refractivity contribution is -0.134. The minimum atomic E-state index is -0.0375. The lowest BCUT2D eigenvalue weighted by atomic mass is 10.2. The molecule has 0 fully saturated rings. The Bertz CT molecular complexity index is 387. The fraction of sp³-hybridized carbons (Fsp3) is 0.357. The second-order valence-corrected chi connectivity index (χ2v) is 3.93. The van der Waals surface area contributed by atoms with Crippen LogP contribution in [0.5, 0.6) is 5.75 Å². The van der Waals surface area contributed by atoms with Gasteiger partial charge >= 0.3 is 0 Å². The number of methoxy groups -OCH3 is 1. The van der Waals surface area contributed by atoms with Gasteiger partial charge in [-0.1, -0.05) is 24.8 Å². The van der Waals surface area contributed by atoms with Crippen molar-refractivity contribution in [3.63, 3.8) is 0 Å². The largest absolute Gasteiger partial charge is 0.490 e. The summed E-state index contributed by atoms with van der Waals surface area (Å²) < 4.78 is 10.2. The zero-order chi connectivity index (χ0) is 13.4. The zero-order valence-electron chi connectivity index (χ0n) is 10.9. The highest BCUT2D eigenvalue weighted by Crippen LogP contribution is 2.13. The number of hydrogen-bond donors (Lipinski definition) is 0. The van der Waals surface area contributed by atoms with Crippen molar-refractivity contribution in [2.75, 3.05) is 27.4 Å². The van der Waals surface area contributed by atoms with Crippen LogP contribution in [0.4, 0.5) is 0 Å². The van der Waals surface area contributed by atoms with Gasteiger partial charge < -0.3 is 14.4 Å². The van der Waals surface area contributed by atoms with Gasteiger partial charge in [-0.3, -0.25) is 4.79 Å². The first kappa shape index (κ1) is 14.3. The predicted octanol–water partition coefficient (Wildman–Crippen LogP) is 1.86. The molecule has 98 valence electrons. The summed E-state index contributed by atoms with van der Waals surface area (Å²) in [5.41, 5.74) is 1.05. The molecule has 0 atom stereocenters. The molecule has 1 amide bonds. The van der Waals surface area contributed by atoms with E-state index in [2.05, 4.69) is 6.58 Å². The lowest BCUT2D eigenvalue weighted by Crippen LogP contribution is -2.29. The second-order valence-electron chi connectivity index (χ2n) is 3.93. The van der Waals surface area contributed by atoms with Crippen molar-refractivity contribution >= 4 is 5.91 Å². The molecule has 4 nitrogen and oxygen atoms in total. The maximum atomic E-state index is 11.5. The summed E-state index contributed by atoms with van der Waals surface area (Å²) in [6, 6.07) is 7.64. The molecule has 1 aromatic rings. The van der Waals surface area contributed by atoms with Gasteiger partial charge in [-0.15, -0.1) is 0 Å². The van der Waals surface area contributed by atoms with Crippen LogP contribution in [0.15, 0.2) is 36.9 Å². The molecule has 0 radical (unpaired) electrons. The minimum Gasteiger partial charge on any atom is -0.490 e. The van der Waals surface area contributed by atoms with Gasteiger partial charge in [0.05, 0.1) is 0 Å². The smallest absolute Gasteiger partial charge is 0.248 e. The predicted molar refractivity (Wildman–Crippen MR) is 70.5 cm³/mol. The molecule has 0 bridgehead atoms. The zero-order valence-corrected chi connectivity index (χ0v) is 10.9. The first-order chi connectivity index (χ1) is 8.67. The lowest BCUT2D eigenvalue weighted by Gasteiger charge is -2.16. The summed E-state index contributed by atoms with van der Waals surface area (Å²) in [6.07, 6.45) is 1.70. The van der Waals surface area contributed by atoms with Crippen LogP contribution in [0.2, 0.25) is 0 Å². The van der Waals surface area contributed by atoms with E-state index in [1.54, 1.807) is 18.0 Å². The normalized spacial score (nSPS) is 9.89. The summed E-state index contributed by atoms with van der Waals surface area (Å²) in [4.78, 5) is 13.1. The van der Waals surface area contributed by atoms with E-state index in [9.17, 15) is 4.79 Å². The first-order valence-corrected chi connectivity index (χ1v) is 5.73. The third-order valence-electron chi connectivity index (χ3n) is 2.40. The Morgan fingerprint density at radius 1 is 1.39 bits per heavy atom. The van der Waals surface area contributed by atoms with E-state index in [4.69, 9.17) is 9.47 Å². The molecule has 1 aromatic carbocycles. The molecule has 0 unspecified atom stereocenters. The Kier molecular flexibility index (Phi) is 5.94. The Morgan fingerprint density at radius 3 is 2.61 bits per heavy atom. The molecule has 18 heavy (non-hydrogen) atoms. The molecular weight excluding hydrogens is 230 g/mol. The Balaban J connectivity index is 2.52. The van der Waals surface area contributed by atoms with Crippen molar-refractivity contribution in [1.82, 2.24) is 4.90 Å². The van der Waals surface area contributed by atoms with Crippen molar-refractivity contribution in [3.8, 4) is 5.75 Å². The van der Waals surface area contributed by atoms with E-state index in [0.717, 1.165) is 11.3 Å². The highest BCUT2D eigenvalue weighted by Gasteiger charge is 2.08. The molecule has 0 N–H and O–H groups in total. The van der Waals surface area contributed by atoms with Crippen molar-refractivity contribution in [3.05, 3.63) is 42.5 Å². The maximum absolute atomic E-state index is 11.5. The van der Waals surface area contributed by atoms with E-state index in [0.29, 0.717) is 13.2 Å². The van der Waals surface area contributed by atoms with Crippen LogP contribution in [0, 0.1) is 0 Å². The van der Waals surface area contributed by atoms with Crippen molar-refractivity contribution in [2.45, 2.75) is 6.54 Å². The monoisotopic (exact) mass is 249 g/mol. The van der Waals surface area contributed by atoms with Gasteiger partial charge in [0.1, 0.15) is 19.0 Å². The Morgan fingerprint density at radius 2 is 2.06 bits per heavy atom. The molecule has 0 heterocycles. The van der Waals surface area contributed by atoms with Gasteiger partial charge in [-0.2, -0.15) is 0 Å². The average Bonchev–Trinajstić information content (AvgIpc) is 2.38. The summed E-state index contributed by atoms with van der Waals surface area (Å²) in [6.45, 7) is 4.75. The van der Waals surface area contributed by atoms with Gasteiger partial charge in [0.25, 0.3) is 0 Å². The molecule has 1 rings (SSSR count). The molecular formula is C14H19NO3. The van der Waals surface area contributed by atoms with E-state index >= 15 is 0 Å². The molecule has 0 aromatic heterocycles. The SMILES string of the molecule is C=CCOc1ccc(CN(C)C(=O)COC)cc1. The molecule has 0 saturated carbocycles. The van der Waals surface area contributed by atoms with Gasteiger partial charge in [0.2, 0.25) is 5.91 Å². The summed E-state index contributed by atoms with van der Waals surface area (Å²) >= 11 is 0. The molecule has 0 aliphatic rings. The van der Waals surface area contributed by atoms with Crippen LogP contribution in [-0.4, -0.2) is 38.2 Å².